The van der Waals surface area contributed by atoms with Crippen LogP contribution in [0.1, 0.15) is 28.6 Å². The molecule has 2 N–H and O–H groups in total. The molecular weight excluding hydrogens is 230 g/mol. The topological polar surface area (TPSA) is 62.5 Å². The number of hydrogen-bond acceptors (Lipinski definition) is 3. The SMILES string of the molecule is CCc1occc1C(=O)Nc1ccc(C)cc1O. The highest BCUT2D eigenvalue weighted by Gasteiger charge is 2.14. The predicted octanol–water partition coefficient (Wildman–Crippen LogP) is 3.11. The van der Waals surface area contributed by atoms with Crippen LogP contribution in [0.25, 0.3) is 0 Å². The van der Waals surface area contributed by atoms with E-state index in [0.717, 1.165) is 5.56 Å². The third kappa shape index (κ3) is 2.37. The summed E-state index contributed by atoms with van der Waals surface area (Å²) in [6.07, 6.45) is 2.14. The van der Waals surface area contributed by atoms with Gasteiger partial charge in [0.05, 0.1) is 17.5 Å². The van der Waals surface area contributed by atoms with Gasteiger partial charge in [-0.25, -0.2) is 0 Å². The standard InChI is InChI=1S/C14H15NO3/c1-3-13-10(6-7-18-13)14(17)15-11-5-4-9(2)8-12(11)16/h4-8,16H,3H2,1-2H3,(H,15,17). The van der Waals surface area contributed by atoms with Crippen LogP contribution in [-0.2, 0) is 6.42 Å². The molecule has 1 heterocycles. The average Bonchev–Trinajstić information content (AvgIpc) is 2.81. The van der Waals surface area contributed by atoms with Crippen LogP contribution in [0.15, 0.2) is 34.9 Å². The summed E-state index contributed by atoms with van der Waals surface area (Å²) in [5.41, 5.74) is 1.83. The highest BCUT2D eigenvalue weighted by molar-refractivity contribution is 6.05. The molecule has 94 valence electrons. The molecule has 0 aliphatic heterocycles. The molecule has 0 aliphatic carbocycles. The summed E-state index contributed by atoms with van der Waals surface area (Å²) >= 11 is 0. The second-order valence-corrected chi connectivity index (χ2v) is 4.09. The number of hydrogen-bond donors (Lipinski definition) is 2. The highest BCUT2D eigenvalue weighted by Crippen LogP contribution is 2.25. The summed E-state index contributed by atoms with van der Waals surface area (Å²) in [7, 11) is 0. The van der Waals surface area contributed by atoms with Gasteiger partial charge in [-0.3, -0.25) is 4.79 Å². The van der Waals surface area contributed by atoms with Crippen molar-refractivity contribution in [3.8, 4) is 5.75 Å². The fraction of sp³-hybridized carbons (Fsp3) is 0.214. The molecule has 1 amide bonds. The second-order valence-electron chi connectivity index (χ2n) is 4.09. The van der Waals surface area contributed by atoms with Crippen LogP contribution < -0.4 is 5.32 Å². The number of benzene rings is 1. The number of aryl methyl sites for hydroxylation is 2. The van der Waals surface area contributed by atoms with Crippen molar-refractivity contribution < 1.29 is 14.3 Å². The minimum absolute atomic E-state index is 0.0601. The Bertz CT molecular complexity index is 572. The monoisotopic (exact) mass is 245 g/mol. The molecule has 0 unspecified atom stereocenters. The van der Waals surface area contributed by atoms with Crippen molar-refractivity contribution in [2.75, 3.05) is 5.32 Å². The zero-order valence-corrected chi connectivity index (χ0v) is 10.4. The predicted molar refractivity (Wildman–Crippen MR) is 68.9 cm³/mol. The lowest BCUT2D eigenvalue weighted by atomic mass is 10.1. The number of amides is 1. The molecule has 2 rings (SSSR count). The molecule has 0 bridgehead atoms. The van der Waals surface area contributed by atoms with Crippen molar-refractivity contribution in [2.24, 2.45) is 0 Å². The number of carbonyl (C=O) groups is 1. The lowest BCUT2D eigenvalue weighted by molar-refractivity contribution is 0.102. The first-order valence-electron chi connectivity index (χ1n) is 5.79. The Morgan fingerprint density at radius 2 is 2.17 bits per heavy atom. The van der Waals surface area contributed by atoms with Gasteiger partial charge >= 0.3 is 0 Å². The number of nitrogens with one attached hydrogen (secondary N) is 1. The van der Waals surface area contributed by atoms with E-state index in [1.807, 2.05) is 19.9 Å². The van der Waals surface area contributed by atoms with Gasteiger partial charge < -0.3 is 14.8 Å². The van der Waals surface area contributed by atoms with Crippen LogP contribution in [0.3, 0.4) is 0 Å². The Labute approximate surface area is 105 Å². The quantitative estimate of drug-likeness (QED) is 0.817. The minimum Gasteiger partial charge on any atom is -0.506 e. The maximum atomic E-state index is 12.0. The normalized spacial score (nSPS) is 10.3. The van der Waals surface area contributed by atoms with Crippen molar-refractivity contribution in [3.63, 3.8) is 0 Å². The third-order valence-electron chi connectivity index (χ3n) is 2.71. The van der Waals surface area contributed by atoms with Crippen LogP contribution in [0.4, 0.5) is 5.69 Å². The van der Waals surface area contributed by atoms with E-state index in [1.54, 1.807) is 18.2 Å². The summed E-state index contributed by atoms with van der Waals surface area (Å²) < 4.78 is 5.20. The molecule has 4 nitrogen and oxygen atoms in total. The Morgan fingerprint density at radius 1 is 1.39 bits per heavy atom. The molecule has 2 aromatic rings. The molecule has 0 spiro atoms. The number of furan rings is 1. The molecule has 0 saturated carbocycles. The lowest BCUT2D eigenvalue weighted by Gasteiger charge is -2.07. The largest absolute Gasteiger partial charge is 0.506 e. The van der Waals surface area contributed by atoms with Crippen molar-refractivity contribution in [3.05, 3.63) is 47.4 Å². The van der Waals surface area contributed by atoms with Crippen LogP contribution in [0, 0.1) is 6.92 Å². The Morgan fingerprint density at radius 3 is 2.83 bits per heavy atom. The average molecular weight is 245 g/mol. The van der Waals surface area contributed by atoms with Crippen LogP contribution in [0.5, 0.6) is 5.75 Å². The van der Waals surface area contributed by atoms with Crippen molar-refractivity contribution in [1.29, 1.82) is 0 Å². The fourth-order valence-corrected chi connectivity index (χ4v) is 1.75. The number of carbonyl (C=O) groups excluding carboxylic acids is 1. The summed E-state index contributed by atoms with van der Waals surface area (Å²) in [6.45, 7) is 3.79. The van der Waals surface area contributed by atoms with Gasteiger partial charge in [0.1, 0.15) is 11.5 Å². The van der Waals surface area contributed by atoms with E-state index >= 15 is 0 Å². The molecular formula is C14H15NO3. The van der Waals surface area contributed by atoms with Gasteiger partial charge in [-0.05, 0) is 30.7 Å². The number of phenolic OH excluding ortho intramolecular Hbond substituents is 1. The Hall–Kier alpha value is -2.23. The van der Waals surface area contributed by atoms with E-state index in [9.17, 15) is 9.90 Å². The van der Waals surface area contributed by atoms with Gasteiger partial charge in [0.15, 0.2) is 0 Å². The molecule has 0 saturated heterocycles. The molecule has 0 atom stereocenters. The summed E-state index contributed by atoms with van der Waals surface area (Å²) in [4.78, 5) is 12.0. The first kappa shape index (κ1) is 12.2. The molecule has 18 heavy (non-hydrogen) atoms. The van der Waals surface area contributed by atoms with Crippen molar-refractivity contribution >= 4 is 11.6 Å². The Kier molecular flexibility index (Phi) is 3.37. The van der Waals surface area contributed by atoms with Crippen molar-refractivity contribution in [2.45, 2.75) is 20.3 Å². The lowest BCUT2D eigenvalue weighted by Crippen LogP contribution is -2.12. The molecule has 0 aliphatic rings. The van der Waals surface area contributed by atoms with Gasteiger partial charge in [-0.2, -0.15) is 0 Å². The highest BCUT2D eigenvalue weighted by atomic mass is 16.3. The van der Waals surface area contributed by atoms with Gasteiger partial charge in [-0.1, -0.05) is 13.0 Å². The summed E-state index contributed by atoms with van der Waals surface area (Å²) in [5, 5.41) is 12.4. The molecule has 1 aromatic carbocycles. The zero-order valence-electron chi connectivity index (χ0n) is 10.4. The second kappa shape index (κ2) is 4.96. The Balaban J connectivity index is 2.21. The molecule has 0 fully saturated rings. The number of rotatable bonds is 3. The molecule has 0 radical (unpaired) electrons. The smallest absolute Gasteiger partial charge is 0.259 e. The van der Waals surface area contributed by atoms with E-state index in [0.29, 0.717) is 23.4 Å². The van der Waals surface area contributed by atoms with Crippen LogP contribution in [0.2, 0.25) is 0 Å². The van der Waals surface area contributed by atoms with Gasteiger partial charge in [0.2, 0.25) is 0 Å². The van der Waals surface area contributed by atoms with Crippen LogP contribution >= 0.6 is 0 Å². The first-order valence-corrected chi connectivity index (χ1v) is 5.79. The molecule has 4 heteroatoms. The maximum absolute atomic E-state index is 12.0. The molecule has 1 aromatic heterocycles. The van der Waals surface area contributed by atoms with E-state index < -0.39 is 0 Å². The number of anilines is 1. The summed E-state index contributed by atoms with van der Waals surface area (Å²) in [6, 6.07) is 6.73. The van der Waals surface area contributed by atoms with Crippen LogP contribution in [-0.4, -0.2) is 11.0 Å². The van der Waals surface area contributed by atoms with E-state index in [1.165, 1.54) is 6.26 Å². The third-order valence-corrected chi connectivity index (χ3v) is 2.71. The fourth-order valence-electron chi connectivity index (χ4n) is 1.75. The number of phenols is 1. The maximum Gasteiger partial charge on any atom is 0.259 e. The van der Waals surface area contributed by atoms with E-state index in [2.05, 4.69) is 5.32 Å². The van der Waals surface area contributed by atoms with Gasteiger partial charge in [0, 0.05) is 6.42 Å². The van der Waals surface area contributed by atoms with Crippen molar-refractivity contribution in [1.82, 2.24) is 0 Å². The first-order chi connectivity index (χ1) is 8.61. The summed E-state index contributed by atoms with van der Waals surface area (Å²) in [5.74, 6) is 0.420. The van der Waals surface area contributed by atoms with Gasteiger partial charge in [-0.15, -0.1) is 0 Å². The van der Waals surface area contributed by atoms with Gasteiger partial charge in [0.25, 0.3) is 5.91 Å². The zero-order chi connectivity index (χ0) is 13.1. The minimum atomic E-state index is -0.278. The number of aromatic hydroxyl groups is 1. The van der Waals surface area contributed by atoms with E-state index in [4.69, 9.17) is 4.42 Å². The van der Waals surface area contributed by atoms with E-state index in [-0.39, 0.29) is 11.7 Å².